The van der Waals surface area contributed by atoms with Crippen LogP contribution in [0, 0.1) is 0 Å². The third-order valence-corrected chi connectivity index (χ3v) is 0. The summed E-state index contributed by atoms with van der Waals surface area (Å²) in [6.07, 6.45) is 0. The maximum absolute atomic E-state index is 8.52. The summed E-state index contributed by atoms with van der Waals surface area (Å²) in [5.74, 6) is 0. The summed E-state index contributed by atoms with van der Waals surface area (Å²) in [4.78, 5) is 0. The Morgan fingerprint density at radius 2 is 0.692 bits per heavy atom. The van der Waals surface area contributed by atoms with Crippen LogP contribution in [0.4, 0.5) is 0 Å². The van der Waals surface area contributed by atoms with E-state index < -0.39 is 20.8 Å². The van der Waals surface area contributed by atoms with Crippen LogP contribution in [0.1, 0.15) is 0 Å². The van der Waals surface area contributed by atoms with Gasteiger partial charge in [0.15, 0.2) is 0 Å². The van der Waals surface area contributed by atoms with E-state index in [2.05, 4.69) is 0 Å². The monoisotopic (exact) mass is 284 g/mol. The minimum absolute atomic E-state index is 0. The van der Waals surface area contributed by atoms with Crippen molar-refractivity contribution in [1.82, 2.24) is 6.15 Å². The van der Waals surface area contributed by atoms with Gasteiger partial charge in [0, 0.05) is 20.8 Å². The molecule has 0 unspecified atom stereocenters. The molecule has 10 nitrogen and oxygen atoms in total. The molecule has 0 spiro atoms. The fourth-order valence-electron chi connectivity index (χ4n) is 0. The van der Waals surface area contributed by atoms with Gasteiger partial charge < -0.3 is 29.8 Å². The largest absolute Gasteiger partial charge is 3.00 e. The Kier molecular flexibility index (Phi) is 23.1. The van der Waals surface area contributed by atoms with Crippen molar-refractivity contribution in [2.45, 2.75) is 0 Å². The fraction of sp³-hybridized carbons (Fsp3) is 0. The second-order valence-corrected chi connectivity index (χ2v) is 2.45. The molecule has 0 heterocycles. The Hall–Kier alpha value is 0.179. The quantitative estimate of drug-likeness (QED) is 0.270. The number of hydrogen-bond acceptors (Lipinski definition) is 8. The number of rotatable bonds is 0. The third-order valence-electron chi connectivity index (χ3n) is 0. The van der Waals surface area contributed by atoms with Crippen LogP contribution in [0.5, 0.6) is 0 Å². The molecule has 0 amide bonds. The summed E-state index contributed by atoms with van der Waals surface area (Å²) in [7, 11) is -10.3. The normalized spacial score (nSPS) is 8.92. The van der Waals surface area contributed by atoms with Crippen molar-refractivity contribution < 1.29 is 57.6 Å². The molecular weight excluding hydrogens is 278 g/mol. The molecule has 0 fully saturated rings. The molecule has 6 N–H and O–H groups in total. The Morgan fingerprint density at radius 1 is 0.692 bits per heavy atom. The van der Waals surface area contributed by atoms with Gasteiger partial charge in [-0.3, -0.25) is 16.8 Å². The minimum atomic E-state index is -5.17. The van der Waals surface area contributed by atoms with Gasteiger partial charge in [-0.25, -0.2) is 0 Å². The van der Waals surface area contributed by atoms with Crippen LogP contribution in [0.3, 0.4) is 0 Å². The predicted octanol–water partition coefficient (Wildman–Crippen LogP) is -3.13. The van der Waals surface area contributed by atoms with Gasteiger partial charge in [0.05, 0.1) is 0 Å². The van der Waals surface area contributed by atoms with Crippen molar-refractivity contribution in [2.75, 3.05) is 0 Å². The zero-order valence-electron chi connectivity index (χ0n) is 5.94. The summed E-state index contributed by atoms with van der Waals surface area (Å²) in [5, 5.41) is 0. The second-order valence-electron chi connectivity index (χ2n) is 0.816. The Bertz CT molecular complexity index is 214. The van der Waals surface area contributed by atoms with Crippen LogP contribution in [-0.2, 0) is 37.9 Å². The van der Waals surface area contributed by atoms with Crippen molar-refractivity contribution in [1.29, 1.82) is 0 Å². The molecule has 0 aliphatic carbocycles. The SMILES string of the molecule is O.O=S(=O)([O-])[O-].O=S(=O)([O-])[O-].[Fe+3].[NH4+]. The van der Waals surface area contributed by atoms with E-state index in [1.165, 1.54) is 0 Å². The first-order chi connectivity index (χ1) is 4.00. The van der Waals surface area contributed by atoms with Crippen molar-refractivity contribution in [3.63, 3.8) is 0 Å². The van der Waals surface area contributed by atoms with Gasteiger partial charge in [0.25, 0.3) is 0 Å². The second kappa shape index (κ2) is 10.3. The van der Waals surface area contributed by atoms with Gasteiger partial charge in [-0.05, 0) is 0 Å². The molecule has 0 saturated carbocycles. The predicted molar refractivity (Wildman–Crippen MR) is 30.5 cm³/mol. The van der Waals surface area contributed by atoms with Gasteiger partial charge in [-0.2, -0.15) is 0 Å². The topological polar surface area (TPSA) is 229 Å². The summed E-state index contributed by atoms with van der Waals surface area (Å²) >= 11 is 0. The Balaban J connectivity index is -0.0000000267. The van der Waals surface area contributed by atoms with Gasteiger partial charge in [-0.1, -0.05) is 0 Å². The Labute approximate surface area is 84.9 Å². The van der Waals surface area contributed by atoms with Gasteiger partial charge in [-0.15, -0.1) is 0 Å². The van der Waals surface area contributed by atoms with Crippen LogP contribution in [0.2, 0.25) is 0 Å². The van der Waals surface area contributed by atoms with E-state index in [-0.39, 0.29) is 28.7 Å². The first-order valence-corrected chi connectivity index (χ1v) is 4.00. The van der Waals surface area contributed by atoms with Crippen molar-refractivity contribution in [2.24, 2.45) is 0 Å². The van der Waals surface area contributed by atoms with Crippen LogP contribution in [0.15, 0.2) is 0 Å². The summed E-state index contributed by atoms with van der Waals surface area (Å²) in [6, 6.07) is 0. The summed E-state index contributed by atoms with van der Waals surface area (Å²) in [6.45, 7) is 0. The van der Waals surface area contributed by atoms with Crippen molar-refractivity contribution in [3.8, 4) is 0 Å². The zero-order chi connectivity index (χ0) is 9.00. The van der Waals surface area contributed by atoms with Crippen LogP contribution < -0.4 is 6.15 Å². The molecule has 0 aliphatic heterocycles. The summed E-state index contributed by atoms with van der Waals surface area (Å²) < 4.78 is 68.2. The molecule has 0 aliphatic rings. The van der Waals surface area contributed by atoms with Crippen molar-refractivity contribution in [3.05, 3.63) is 0 Å². The number of quaternary nitrogens is 1. The average molecular weight is 284 g/mol. The van der Waals surface area contributed by atoms with Gasteiger partial charge in [0.2, 0.25) is 0 Å². The van der Waals surface area contributed by atoms with Crippen LogP contribution >= 0.6 is 0 Å². The molecule has 85 valence electrons. The first kappa shape index (κ1) is 29.2. The molecule has 0 bridgehead atoms. The maximum Gasteiger partial charge on any atom is 3.00 e. The van der Waals surface area contributed by atoms with E-state index in [9.17, 15) is 0 Å². The van der Waals surface area contributed by atoms with E-state index in [0.29, 0.717) is 0 Å². The smallest absolute Gasteiger partial charge is 0.759 e. The molecule has 13 heteroatoms. The van der Waals surface area contributed by atoms with E-state index in [1.807, 2.05) is 0 Å². The van der Waals surface area contributed by atoms with Crippen LogP contribution in [0.25, 0.3) is 0 Å². The molecule has 0 saturated heterocycles. The summed E-state index contributed by atoms with van der Waals surface area (Å²) in [5.41, 5.74) is 0. The molecule has 1 radical (unpaired) electrons. The standard InChI is InChI=1S/Fe.H3N.2H2O4S.H2O/c;;2*1-5(2,3)4;/h;1H3;2*(H2,1,2,3,4);1H2/q+3;;;;/p-3. The minimum Gasteiger partial charge on any atom is -0.759 e. The van der Waals surface area contributed by atoms with E-state index in [1.54, 1.807) is 0 Å². The zero-order valence-corrected chi connectivity index (χ0v) is 8.67. The first-order valence-electron chi connectivity index (χ1n) is 1.33. The molecule has 0 rings (SSSR count). The van der Waals surface area contributed by atoms with Gasteiger partial charge in [0.1, 0.15) is 0 Å². The van der Waals surface area contributed by atoms with Crippen LogP contribution in [-0.4, -0.2) is 40.5 Å². The van der Waals surface area contributed by atoms with E-state index in [0.717, 1.165) is 0 Å². The molecule has 0 atom stereocenters. The van der Waals surface area contributed by atoms with Crippen molar-refractivity contribution >= 4 is 20.8 Å². The average Bonchev–Trinajstić information content (AvgIpc) is 1.12. The number of hydrogen-bond donors (Lipinski definition) is 1. The van der Waals surface area contributed by atoms with Gasteiger partial charge >= 0.3 is 17.1 Å². The molecule has 0 aromatic carbocycles. The van der Waals surface area contributed by atoms with E-state index >= 15 is 0 Å². The molecule has 13 heavy (non-hydrogen) atoms. The third kappa shape index (κ3) is 39200. The molecule has 0 aromatic heterocycles. The van der Waals surface area contributed by atoms with E-state index in [4.69, 9.17) is 35.0 Å². The molecule has 0 aromatic rings. The molecular formula is H6FeNO9S2. The Morgan fingerprint density at radius 3 is 0.692 bits per heavy atom. The maximum atomic E-state index is 8.52. The fourth-order valence-corrected chi connectivity index (χ4v) is 0.